The molecule has 1 aromatic carbocycles. The minimum Gasteiger partial charge on any atom is -0.480 e. The van der Waals surface area contributed by atoms with Gasteiger partial charge in [0.05, 0.1) is 7.11 Å². The Bertz CT molecular complexity index is 703. The molecule has 2 heterocycles. The van der Waals surface area contributed by atoms with Crippen LogP contribution in [0.2, 0.25) is 5.02 Å². The van der Waals surface area contributed by atoms with E-state index in [0.717, 1.165) is 30.8 Å². The Hall–Kier alpha value is -2.07. The van der Waals surface area contributed by atoms with Crippen molar-refractivity contribution < 1.29 is 9.53 Å². The van der Waals surface area contributed by atoms with E-state index >= 15 is 0 Å². The van der Waals surface area contributed by atoms with Gasteiger partial charge in [0.25, 0.3) is 5.91 Å². The second-order valence-corrected chi connectivity index (χ2v) is 6.49. The summed E-state index contributed by atoms with van der Waals surface area (Å²) in [5.41, 5.74) is 1.76. The van der Waals surface area contributed by atoms with Crippen molar-refractivity contribution in [3.63, 3.8) is 0 Å². The smallest absolute Gasteiger partial charge is 0.259 e. The summed E-state index contributed by atoms with van der Waals surface area (Å²) in [6.45, 7) is 1.47. The molecule has 1 amide bonds. The quantitative estimate of drug-likeness (QED) is 0.839. The number of amides is 1. The summed E-state index contributed by atoms with van der Waals surface area (Å²) in [4.78, 5) is 19.0. The van der Waals surface area contributed by atoms with Crippen LogP contribution in [0.1, 0.15) is 41.1 Å². The minimum atomic E-state index is -0.0131. The maximum Gasteiger partial charge on any atom is 0.259 e. The van der Waals surface area contributed by atoms with E-state index < -0.39 is 0 Å². The molecule has 1 aliphatic rings. The van der Waals surface area contributed by atoms with Gasteiger partial charge in [0.1, 0.15) is 5.56 Å². The van der Waals surface area contributed by atoms with Crippen molar-refractivity contribution in [2.45, 2.75) is 25.2 Å². The summed E-state index contributed by atoms with van der Waals surface area (Å²) in [5, 5.41) is 0.736. The number of methoxy groups -OCH3 is 1. The summed E-state index contributed by atoms with van der Waals surface area (Å²) in [7, 11) is 1.54. The molecular formula is C19H21ClN2O2. The molecule has 126 valence electrons. The van der Waals surface area contributed by atoms with Crippen molar-refractivity contribution in [1.82, 2.24) is 9.88 Å². The zero-order valence-corrected chi connectivity index (χ0v) is 14.5. The van der Waals surface area contributed by atoms with Gasteiger partial charge in [-0.25, -0.2) is 4.98 Å². The van der Waals surface area contributed by atoms with Gasteiger partial charge in [-0.1, -0.05) is 30.2 Å². The van der Waals surface area contributed by atoms with Crippen molar-refractivity contribution in [2.24, 2.45) is 0 Å². The van der Waals surface area contributed by atoms with E-state index in [9.17, 15) is 4.79 Å². The van der Waals surface area contributed by atoms with Crippen LogP contribution in [0.25, 0.3) is 0 Å². The van der Waals surface area contributed by atoms with E-state index in [1.54, 1.807) is 18.3 Å². The molecule has 0 spiro atoms. The van der Waals surface area contributed by atoms with E-state index in [0.29, 0.717) is 23.9 Å². The Morgan fingerprint density at radius 1 is 1.25 bits per heavy atom. The van der Waals surface area contributed by atoms with Crippen LogP contribution in [0.3, 0.4) is 0 Å². The van der Waals surface area contributed by atoms with Crippen LogP contribution in [-0.2, 0) is 0 Å². The van der Waals surface area contributed by atoms with Gasteiger partial charge < -0.3 is 9.64 Å². The molecule has 0 saturated carbocycles. The highest BCUT2D eigenvalue weighted by Gasteiger charge is 2.26. The first-order chi connectivity index (χ1) is 11.7. The monoisotopic (exact) mass is 344 g/mol. The molecule has 0 aliphatic carbocycles. The van der Waals surface area contributed by atoms with Crippen molar-refractivity contribution in [3.05, 3.63) is 58.7 Å². The first kappa shape index (κ1) is 16.8. The van der Waals surface area contributed by atoms with Crippen LogP contribution < -0.4 is 4.74 Å². The number of rotatable bonds is 3. The topological polar surface area (TPSA) is 42.4 Å². The third-order valence-corrected chi connectivity index (χ3v) is 4.75. The highest BCUT2D eigenvalue weighted by atomic mass is 35.5. The van der Waals surface area contributed by atoms with Gasteiger partial charge in [0, 0.05) is 30.2 Å². The molecule has 1 atom stereocenters. The maximum atomic E-state index is 12.9. The molecule has 24 heavy (non-hydrogen) atoms. The molecule has 1 aliphatic heterocycles. The molecule has 1 fully saturated rings. The summed E-state index contributed by atoms with van der Waals surface area (Å²) < 4.78 is 5.24. The third kappa shape index (κ3) is 3.70. The predicted molar refractivity (Wildman–Crippen MR) is 94.7 cm³/mol. The number of benzene rings is 1. The summed E-state index contributed by atoms with van der Waals surface area (Å²) in [6.07, 6.45) is 4.84. The summed E-state index contributed by atoms with van der Waals surface area (Å²) in [6, 6.07) is 11.5. The standard InChI is InChI=1S/C19H21ClN2O2/c1-24-18-17(6-4-11-21-18)19(23)22-12-3-2-5-15(13-22)14-7-9-16(20)10-8-14/h4,6-11,15H,2-3,5,12-13H2,1H3. The van der Waals surface area contributed by atoms with Gasteiger partial charge in [-0.05, 0) is 42.7 Å². The van der Waals surface area contributed by atoms with E-state index in [1.807, 2.05) is 17.0 Å². The fourth-order valence-electron chi connectivity index (χ4n) is 3.22. The Morgan fingerprint density at radius 3 is 2.79 bits per heavy atom. The van der Waals surface area contributed by atoms with Crippen molar-refractivity contribution in [1.29, 1.82) is 0 Å². The SMILES string of the molecule is COc1ncccc1C(=O)N1CCCCC(c2ccc(Cl)cc2)C1. The number of carbonyl (C=O) groups is 1. The summed E-state index contributed by atoms with van der Waals surface area (Å²) >= 11 is 5.99. The molecular weight excluding hydrogens is 324 g/mol. The maximum absolute atomic E-state index is 12.9. The molecule has 1 aromatic heterocycles. The fraction of sp³-hybridized carbons (Fsp3) is 0.368. The van der Waals surface area contributed by atoms with Crippen LogP contribution in [0.15, 0.2) is 42.6 Å². The van der Waals surface area contributed by atoms with Gasteiger partial charge in [0.15, 0.2) is 0 Å². The lowest BCUT2D eigenvalue weighted by atomic mass is 9.94. The number of hydrogen-bond donors (Lipinski definition) is 0. The number of halogens is 1. The largest absolute Gasteiger partial charge is 0.480 e. The van der Waals surface area contributed by atoms with E-state index in [2.05, 4.69) is 17.1 Å². The Morgan fingerprint density at radius 2 is 2.04 bits per heavy atom. The van der Waals surface area contributed by atoms with Crippen LogP contribution in [-0.4, -0.2) is 36.0 Å². The zero-order valence-electron chi connectivity index (χ0n) is 13.7. The van der Waals surface area contributed by atoms with Crippen molar-refractivity contribution in [2.75, 3.05) is 20.2 Å². The van der Waals surface area contributed by atoms with Crippen molar-refractivity contribution >= 4 is 17.5 Å². The third-order valence-electron chi connectivity index (χ3n) is 4.49. The number of ether oxygens (including phenoxy) is 1. The first-order valence-corrected chi connectivity index (χ1v) is 8.60. The number of nitrogens with zero attached hydrogens (tertiary/aromatic N) is 2. The molecule has 1 unspecified atom stereocenters. The van der Waals surface area contributed by atoms with Gasteiger partial charge in [0.2, 0.25) is 5.88 Å². The zero-order chi connectivity index (χ0) is 16.9. The molecule has 2 aromatic rings. The van der Waals surface area contributed by atoms with Crippen LogP contribution in [0.4, 0.5) is 0 Å². The van der Waals surface area contributed by atoms with E-state index in [1.165, 1.54) is 12.7 Å². The normalized spacial score (nSPS) is 18.1. The number of hydrogen-bond acceptors (Lipinski definition) is 3. The Balaban J connectivity index is 1.82. The number of carbonyl (C=O) groups excluding carboxylic acids is 1. The average molecular weight is 345 g/mol. The van der Waals surface area contributed by atoms with Gasteiger partial charge >= 0.3 is 0 Å². The number of likely N-dealkylation sites (tertiary alicyclic amines) is 1. The summed E-state index contributed by atoms with van der Waals surface area (Å²) in [5.74, 6) is 0.701. The van der Waals surface area contributed by atoms with Crippen LogP contribution in [0.5, 0.6) is 5.88 Å². The van der Waals surface area contributed by atoms with E-state index in [-0.39, 0.29) is 5.91 Å². The average Bonchev–Trinajstić information content (AvgIpc) is 2.88. The number of pyridine rings is 1. The molecule has 0 N–H and O–H groups in total. The van der Waals surface area contributed by atoms with Gasteiger partial charge in [-0.3, -0.25) is 4.79 Å². The molecule has 1 saturated heterocycles. The lowest BCUT2D eigenvalue weighted by Gasteiger charge is -2.25. The van der Waals surface area contributed by atoms with Gasteiger partial charge in [-0.15, -0.1) is 0 Å². The highest BCUT2D eigenvalue weighted by Crippen LogP contribution is 2.29. The molecule has 3 rings (SSSR count). The van der Waals surface area contributed by atoms with Crippen LogP contribution in [0, 0.1) is 0 Å². The second-order valence-electron chi connectivity index (χ2n) is 6.06. The molecule has 5 heteroatoms. The van der Waals surface area contributed by atoms with Crippen molar-refractivity contribution in [3.8, 4) is 5.88 Å². The minimum absolute atomic E-state index is 0.0131. The first-order valence-electron chi connectivity index (χ1n) is 8.23. The Kier molecular flexibility index (Phi) is 5.36. The lowest BCUT2D eigenvalue weighted by Crippen LogP contribution is -2.34. The highest BCUT2D eigenvalue weighted by molar-refractivity contribution is 6.30. The second kappa shape index (κ2) is 7.67. The number of aromatic nitrogens is 1. The predicted octanol–water partition coefficient (Wildman–Crippen LogP) is 4.15. The lowest BCUT2D eigenvalue weighted by molar-refractivity contribution is 0.0750. The van der Waals surface area contributed by atoms with E-state index in [4.69, 9.17) is 16.3 Å². The van der Waals surface area contributed by atoms with Crippen LogP contribution >= 0.6 is 11.6 Å². The Labute approximate surface area is 147 Å². The molecule has 4 nitrogen and oxygen atoms in total. The molecule has 0 bridgehead atoms. The molecule has 0 radical (unpaired) electrons. The van der Waals surface area contributed by atoms with Gasteiger partial charge in [-0.2, -0.15) is 0 Å². The fourth-order valence-corrected chi connectivity index (χ4v) is 3.35.